The van der Waals surface area contributed by atoms with Gasteiger partial charge in [-0.3, -0.25) is 13.9 Å². The standard InChI is InChI=1S/C22H27N3O4S/c1-16-9-8-10-18(15-16)25(30(3,28)29)17(2)21(26)23-20-12-5-4-11-19(20)22(27)24-13-6-7-14-24/h4-5,8-12,15,17H,6-7,13-14H2,1-3H3,(H,23,26)/t17-/m0/s1. The molecule has 0 bridgehead atoms. The molecule has 1 atom stereocenters. The van der Waals surface area contributed by atoms with E-state index in [0.29, 0.717) is 30.0 Å². The zero-order chi connectivity index (χ0) is 21.9. The second-order valence-corrected chi connectivity index (χ2v) is 9.47. The van der Waals surface area contributed by atoms with Crippen molar-refractivity contribution in [3.63, 3.8) is 0 Å². The maximum atomic E-state index is 13.0. The highest BCUT2D eigenvalue weighted by Crippen LogP contribution is 2.24. The number of sulfonamides is 1. The number of nitrogens with one attached hydrogen (secondary N) is 1. The van der Waals surface area contributed by atoms with Crippen molar-refractivity contribution in [2.75, 3.05) is 29.0 Å². The maximum absolute atomic E-state index is 13.0. The minimum Gasteiger partial charge on any atom is -0.339 e. The molecule has 160 valence electrons. The number of nitrogens with zero attached hydrogens (tertiary/aromatic N) is 2. The zero-order valence-corrected chi connectivity index (χ0v) is 18.3. The number of aryl methyl sites for hydroxylation is 1. The summed E-state index contributed by atoms with van der Waals surface area (Å²) in [6, 6.07) is 12.8. The van der Waals surface area contributed by atoms with Gasteiger partial charge in [0.15, 0.2) is 0 Å². The Morgan fingerprint density at radius 1 is 1.07 bits per heavy atom. The fourth-order valence-electron chi connectivity index (χ4n) is 3.68. The van der Waals surface area contributed by atoms with Crippen LogP contribution in [0.2, 0.25) is 0 Å². The fraction of sp³-hybridized carbons (Fsp3) is 0.364. The maximum Gasteiger partial charge on any atom is 0.255 e. The average Bonchev–Trinajstić information content (AvgIpc) is 3.21. The van der Waals surface area contributed by atoms with E-state index in [1.807, 2.05) is 13.0 Å². The van der Waals surface area contributed by atoms with E-state index in [1.165, 1.54) is 6.92 Å². The highest BCUT2D eigenvalue weighted by Gasteiger charge is 2.30. The number of benzene rings is 2. The third-order valence-electron chi connectivity index (χ3n) is 5.15. The van der Waals surface area contributed by atoms with Crippen LogP contribution in [-0.4, -0.2) is 50.5 Å². The Morgan fingerprint density at radius 3 is 2.37 bits per heavy atom. The van der Waals surface area contributed by atoms with Gasteiger partial charge in [0.05, 0.1) is 23.2 Å². The third-order valence-corrected chi connectivity index (χ3v) is 6.39. The predicted molar refractivity (Wildman–Crippen MR) is 118 cm³/mol. The summed E-state index contributed by atoms with van der Waals surface area (Å²) in [5.74, 6) is -0.640. The molecule has 0 radical (unpaired) electrons. The number of hydrogen-bond donors (Lipinski definition) is 1. The van der Waals surface area contributed by atoms with Gasteiger partial charge in [-0.25, -0.2) is 8.42 Å². The molecule has 2 aromatic rings. The van der Waals surface area contributed by atoms with Gasteiger partial charge < -0.3 is 10.2 Å². The van der Waals surface area contributed by atoms with E-state index in [0.717, 1.165) is 29.0 Å². The largest absolute Gasteiger partial charge is 0.339 e. The number of para-hydroxylation sites is 1. The van der Waals surface area contributed by atoms with Crippen molar-refractivity contribution >= 4 is 33.2 Å². The molecule has 1 aliphatic rings. The number of anilines is 2. The number of likely N-dealkylation sites (tertiary alicyclic amines) is 1. The van der Waals surface area contributed by atoms with Crippen LogP contribution in [0, 0.1) is 6.92 Å². The van der Waals surface area contributed by atoms with Crippen molar-refractivity contribution in [2.45, 2.75) is 32.7 Å². The molecule has 30 heavy (non-hydrogen) atoms. The first-order valence-electron chi connectivity index (χ1n) is 9.94. The smallest absolute Gasteiger partial charge is 0.255 e. The quantitative estimate of drug-likeness (QED) is 0.765. The Labute approximate surface area is 177 Å². The molecule has 1 heterocycles. The molecular weight excluding hydrogens is 402 g/mol. The summed E-state index contributed by atoms with van der Waals surface area (Å²) in [5.41, 5.74) is 2.09. The Morgan fingerprint density at radius 2 is 1.73 bits per heavy atom. The number of amides is 2. The van der Waals surface area contributed by atoms with E-state index in [2.05, 4.69) is 5.32 Å². The molecule has 8 heteroatoms. The monoisotopic (exact) mass is 429 g/mol. The van der Waals surface area contributed by atoms with Gasteiger partial charge in [-0.05, 0) is 56.5 Å². The first-order chi connectivity index (χ1) is 14.2. The van der Waals surface area contributed by atoms with Gasteiger partial charge >= 0.3 is 0 Å². The van der Waals surface area contributed by atoms with Crippen LogP contribution < -0.4 is 9.62 Å². The van der Waals surface area contributed by atoms with Crippen LogP contribution in [0.3, 0.4) is 0 Å². The molecule has 0 unspecified atom stereocenters. The van der Waals surface area contributed by atoms with E-state index in [1.54, 1.807) is 47.4 Å². The van der Waals surface area contributed by atoms with Crippen LogP contribution in [0.15, 0.2) is 48.5 Å². The minimum atomic E-state index is -3.71. The molecule has 2 amide bonds. The molecule has 0 aliphatic carbocycles. The first-order valence-corrected chi connectivity index (χ1v) is 11.8. The van der Waals surface area contributed by atoms with E-state index >= 15 is 0 Å². The lowest BCUT2D eigenvalue weighted by molar-refractivity contribution is -0.116. The van der Waals surface area contributed by atoms with Gasteiger partial charge in [-0.1, -0.05) is 24.3 Å². The molecule has 1 fully saturated rings. The minimum absolute atomic E-state index is 0.130. The molecule has 7 nitrogen and oxygen atoms in total. The van der Waals surface area contributed by atoms with Crippen LogP contribution >= 0.6 is 0 Å². The number of rotatable bonds is 6. The van der Waals surface area contributed by atoms with Crippen LogP contribution in [0.25, 0.3) is 0 Å². The predicted octanol–water partition coefficient (Wildman–Crippen LogP) is 3.02. The second kappa shape index (κ2) is 8.87. The molecule has 1 saturated heterocycles. The van der Waals surface area contributed by atoms with Gasteiger partial charge in [0, 0.05) is 13.1 Å². The molecule has 0 saturated carbocycles. The van der Waals surface area contributed by atoms with Crippen molar-refractivity contribution in [1.29, 1.82) is 0 Å². The van der Waals surface area contributed by atoms with Crippen molar-refractivity contribution in [3.8, 4) is 0 Å². The van der Waals surface area contributed by atoms with Gasteiger partial charge in [-0.2, -0.15) is 0 Å². The van der Waals surface area contributed by atoms with Crippen LogP contribution in [0.5, 0.6) is 0 Å². The summed E-state index contributed by atoms with van der Waals surface area (Å²) < 4.78 is 26.0. The normalized spacial score (nSPS) is 15.0. The topological polar surface area (TPSA) is 86.8 Å². The second-order valence-electron chi connectivity index (χ2n) is 7.61. The Hall–Kier alpha value is -2.87. The van der Waals surface area contributed by atoms with E-state index in [4.69, 9.17) is 0 Å². The highest BCUT2D eigenvalue weighted by atomic mass is 32.2. The summed E-state index contributed by atoms with van der Waals surface area (Å²) in [6.07, 6.45) is 3.01. The third kappa shape index (κ3) is 4.81. The van der Waals surface area contributed by atoms with Crippen LogP contribution in [0.1, 0.15) is 35.7 Å². The molecule has 0 spiro atoms. The Kier molecular flexibility index (Phi) is 6.45. The number of carbonyl (C=O) groups is 2. The summed E-state index contributed by atoms with van der Waals surface area (Å²) in [7, 11) is -3.71. The van der Waals surface area contributed by atoms with Crippen molar-refractivity contribution in [2.24, 2.45) is 0 Å². The molecule has 3 rings (SSSR count). The first kappa shape index (κ1) is 21.8. The summed E-state index contributed by atoms with van der Waals surface area (Å²) >= 11 is 0. The van der Waals surface area contributed by atoms with Gasteiger partial charge in [0.2, 0.25) is 15.9 Å². The van der Waals surface area contributed by atoms with Gasteiger partial charge in [0.25, 0.3) is 5.91 Å². The fourth-order valence-corrected chi connectivity index (χ4v) is 4.85. The summed E-state index contributed by atoms with van der Waals surface area (Å²) in [6.45, 7) is 4.79. The SMILES string of the molecule is Cc1cccc(N([C@@H](C)C(=O)Nc2ccccc2C(=O)N2CCCC2)S(C)(=O)=O)c1. The van der Waals surface area contributed by atoms with E-state index in [-0.39, 0.29) is 5.91 Å². The zero-order valence-electron chi connectivity index (χ0n) is 17.5. The molecule has 0 aromatic heterocycles. The number of hydrogen-bond acceptors (Lipinski definition) is 4. The molecule has 1 aliphatic heterocycles. The van der Waals surface area contributed by atoms with Crippen LogP contribution in [0.4, 0.5) is 11.4 Å². The number of carbonyl (C=O) groups excluding carboxylic acids is 2. The lowest BCUT2D eigenvalue weighted by atomic mass is 10.1. The lowest BCUT2D eigenvalue weighted by Crippen LogP contribution is -2.45. The van der Waals surface area contributed by atoms with Gasteiger partial charge in [-0.15, -0.1) is 0 Å². The average molecular weight is 430 g/mol. The van der Waals surface area contributed by atoms with E-state index in [9.17, 15) is 18.0 Å². The lowest BCUT2D eigenvalue weighted by Gasteiger charge is -2.28. The molecule has 2 aromatic carbocycles. The van der Waals surface area contributed by atoms with Crippen molar-refractivity contribution in [1.82, 2.24) is 4.90 Å². The summed E-state index contributed by atoms with van der Waals surface area (Å²) in [4.78, 5) is 27.6. The van der Waals surface area contributed by atoms with Gasteiger partial charge in [0.1, 0.15) is 6.04 Å². The molecular formula is C22H27N3O4S. The van der Waals surface area contributed by atoms with Crippen molar-refractivity contribution in [3.05, 3.63) is 59.7 Å². The Balaban J connectivity index is 1.87. The van der Waals surface area contributed by atoms with Crippen LogP contribution in [-0.2, 0) is 14.8 Å². The molecule has 1 N–H and O–H groups in total. The van der Waals surface area contributed by atoms with E-state index < -0.39 is 22.0 Å². The highest BCUT2D eigenvalue weighted by molar-refractivity contribution is 7.92. The summed E-state index contributed by atoms with van der Waals surface area (Å²) in [5, 5.41) is 2.76. The Bertz CT molecular complexity index is 1050. The van der Waals surface area contributed by atoms with Crippen molar-refractivity contribution < 1.29 is 18.0 Å².